The molecular weight excluding hydrogens is 298 g/mol. The topological polar surface area (TPSA) is 35.3 Å². The third kappa shape index (κ3) is 3.31. The fraction of sp³-hybridized carbons (Fsp3) is 0.167. The van der Waals surface area contributed by atoms with E-state index in [2.05, 4.69) is 4.98 Å². The van der Waals surface area contributed by atoms with E-state index < -0.39 is 0 Å². The molecule has 0 radical (unpaired) electrons. The fourth-order valence-electron chi connectivity index (χ4n) is 2.14. The van der Waals surface area contributed by atoms with Crippen molar-refractivity contribution in [2.75, 3.05) is 0 Å². The smallest absolute Gasteiger partial charge is 0.226 e. The zero-order chi connectivity index (χ0) is 15.4. The van der Waals surface area contributed by atoms with Crippen molar-refractivity contribution in [3.63, 3.8) is 0 Å². The van der Waals surface area contributed by atoms with E-state index in [1.165, 1.54) is 0 Å². The lowest BCUT2D eigenvalue weighted by molar-refractivity contribution is 0.306. The minimum Gasteiger partial charge on any atom is -0.489 e. The van der Waals surface area contributed by atoms with Crippen LogP contribution in [0.3, 0.4) is 0 Å². The molecule has 112 valence electrons. The molecule has 0 saturated heterocycles. The summed E-state index contributed by atoms with van der Waals surface area (Å²) >= 11 is 5.83. The minimum atomic E-state index is 0.347. The number of rotatable bonds is 5. The predicted molar refractivity (Wildman–Crippen MR) is 87.0 cm³/mol. The van der Waals surface area contributed by atoms with Crippen molar-refractivity contribution < 1.29 is 9.15 Å². The van der Waals surface area contributed by atoms with E-state index in [4.69, 9.17) is 20.8 Å². The highest BCUT2D eigenvalue weighted by Gasteiger charge is 2.11. The van der Waals surface area contributed by atoms with Gasteiger partial charge in [0.2, 0.25) is 5.89 Å². The Labute approximate surface area is 134 Å². The summed E-state index contributed by atoms with van der Waals surface area (Å²) in [5, 5.41) is 0. The first-order valence-electron chi connectivity index (χ1n) is 7.05. The molecule has 0 atom stereocenters. The van der Waals surface area contributed by atoms with E-state index in [1.807, 2.05) is 61.5 Å². The Balaban J connectivity index is 1.77. The standard InChI is InChI=1S/C18H16ClNO2/c1-13-17(11-19)20-18(22-13)15-8-5-9-16(10-15)21-12-14-6-3-2-4-7-14/h2-10H,11-12H2,1H3. The summed E-state index contributed by atoms with van der Waals surface area (Å²) in [5.41, 5.74) is 2.78. The van der Waals surface area contributed by atoms with Gasteiger partial charge in [0.05, 0.1) is 11.6 Å². The molecule has 1 aromatic heterocycles. The third-order valence-corrected chi connectivity index (χ3v) is 3.60. The monoisotopic (exact) mass is 313 g/mol. The zero-order valence-corrected chi connectivity index (χ0v) is 13.0. The molecule has 3 nitrogen and oxygen atoms in total. The largest absolute Gasteiger partial charge is 0.489 e. The second-order valence-corrected chi connectivity index (χ2v) is 5.22. The Morgan fingerprint density at radius 3 is 2.64 bits per heavy atom. The van der Waals surface area contributed by atoms with Crippen LogP contribution in [0.25, 0.3) is 11.5 Å². The van der Waals surface area contributed by atoms with Gasteiger partial charge in [-0.25, -0.2) is 4.98 Å². The van der Waals surface area contributed by atoms with E-state index in [0.29, 0.717) is 18.4 Å². The first kappa shape index (κ1) is 14.7. The normalized spacial score (nSPS) is 10.6. The molecule has 0 aliphatic carbocycles. The number of alkyl halides is 1. The van der Waals surface area contributed by atoms with Crippen LogP contribution >= 0.6 is 11.6 Å². The number of hydrogen-bond donors (Lipinski definition) is 0. The van der Waals surface area contributed by atoms with E-state index in [0.717, 1.165) is 28.3 Å². The van der Waals surface area contributed by atoms with Crippen molar-refractivity contribution in [1.29, 1.82) is 0 Å². The number of hydrogen-bond acceptors (Lipinski definition) is 3. The molecule has 0 unspecified atom stereocenters. The summed E-state index contributed by atoms with van der Waals surface area (Å²) in [6, 6.07) is 17.8. The molecule has 4 heteroatoms. The summed E-state index contributed by atoms with van der Waals surface area (Å²) in [5.74, 6) is 2.45. The highest BCUT2D eigenvalue weighted by molar-refractivity contribution is 6.16. The number of benzene rings is 2. The van der Waals surface area contributed by atoms with Gasteiger partial charge < -0.3 is 9.15 Å². The van der Waals surface area contributed by atoms with E-state index >= 15 is 0 Å². The number of aryl methyl sites for hydroxylation is 1. The molecule has 0 fully saturated rings. The summed E-state index contributed by atoms with van der Waals surface area (Å²) in [4.78, 5) is 4.40. The Morgan fingerprint density at radius 2 is 1.91 bits per heavy atom. The summed E-state index contributed by atoms with van der Waals surface area (Å²) < 4.78 is 11.5. The lowest BCUT2D eigenvalue weighted by Gasteiger charge is -2.07. The van der Waals surface area contributed by atoms with Gasteiger partial charge in [-0.2, -0.15) is 0 Å². The maximum absolute atomic E-state index is 5.83. The predicted octanol–water partition coefficient (Wildman–Crippen LogP) is 4.97. The van der Waals surface area contributed by atoms with Crippen LogP contribution in [0.1, 0.15) is 17.0 Å². The zero-order valence-electron chi connectivity index (χ0n) is 12.3. The maximum Gasteiger partial charge on any atom is 0.226 e. The van der Waals surface area contributed by atoms with Crippen molar-refractivity contribution in [1.82, 2.24) is 4.98 Å². The molecule has 1 heterocycles. The van der Waals surface area contributed by atoms with E-state index in [1.54, 1.807) is 0 Å². The van der Waals surface area contributed by atoms with Crippen LogP contribution in [0.4, 0.5) is 0 Å². The summed E-state index contributed by atoms with van der Waals surface area (Å²) in [6.45, 7) is 2.39. The molecule has 0 bridgehead atoms. The highest BCUT2D eigenvalue weighted by atomic mass is 35.5. The Kier molecular flexibility index (Phi) is 4.45. The second kappa shape index (κ2) is 6.67. The molecule has 0 amide bonds. The quantitative estimate of drug-likeness (QED) is 0.624. The number of ether oxygens (including phenoxy) is 1. The molecule has 3 rings (SSSR count). The first-order chi connectivity index (χ1) is 10.8. The SMILES string of the molecule is Cc1oc(-c2cccc(OCc3ccccc3)c2)nc1CCl. The molecule has 22 heavy (non-hydrogen) atoms. The summed E-state index contributed by atoms with van der Waals surface area (Å²) in [6.07, 6.45) is 0. The van der Waals surface area contributed by atoms with Crippen LogP contribution in [0.5, 0.6) is 5.75 Å². The minimum absolute atomic E-state index is 0.347. The second-order valence-electron chi connectivity index (χ2n) is 4.96. The van der Waals surface area contributed by atoms with E-state index in [-0.39, 0.29) is 0 Å². The maximum atomic E-state index is 5.83. The Morgan fingerprint density at radius 1 is 1.09 bits per heavy atom. The van der Waals surface area contributed by atoms with Gasteiger partial charge in [-0.3, -0.25) is 0 Å². The molecule has 2 aromatic carbocycles. The fourth-order valence-corrected chi connectivity index (χ4v) is 2.38. The van der Waals surface area contributed by atoms with Crippen LogP contribution < -0.4 is 4.74 Å². The van der Waals surface area contributed by atoms with Gasteiger partial charge in [-0.1, -0.05) is 36.4 Å². The van der Waals surface area contributed by atoms with Gasteiger partial charge in [-0.05, 0) is 30.7 Å². The van der Waals surface area contributed by atoms with Crippen molar-refractivity contribution in [2.45, 2.75) is 19.4 Å². The van der Waals surface area contributed by atoms with Crippen LogP contribution in [-0.4, -0.2) is 4.98 Å². The van der Waals surface area contributed by atoms with Gasteiger partial charge in [0, 0.05) is 5.56 Å². The molecule has 0 N–H and O–H groups in total. The van der Waals surface area contributed by atoms with Crippen molar-refractivity contribution >= 4 is 11.6 Å². The van der Waals surface area contributed by atoms with Crippen LogP contribution in [0, 0.1) is 6.92 Å². The lowest BCUT2D eigenvalue weighted by atomic mass is 10.2. The number of nitrogens with zero attached hydrogens (tertiary/aromatic N) is 1. The Bertz CT molecular complexity index is 753. The third-order valence-electron chi connectivity index (χ3n) is 3.35. The molecular formula is C18H16ClNO2. The van der Waals surface area contributed by atoms with Gasteiger partial charge in [0.1, 0.15) is 18.1 Å². The van der Waals surface area contributed by atoms with Crippen molar-refractivity contribution in [3.8, 4) is 17.2 Å². The van der Waals surface area contributed by atoms with Crippen LogP contribution in [0.2, 0.25) is 0 Å². The number of halogens is 1. The van der Waals surface area contributed by atoms with Gasteiger partial charge in [0.25, 0.3) is 0 Å². The van der Waals surface area contributed by atoms with Gasteiger partial charge in [0.15, 0.2) is 0 Å². The van der Waals surface area contributed by atoms with Crippen LogP contribution in [0.15, 0.2) is 59.0 Å². The number of aromatic nitrogens is 1. The molecule has 0 aliphatic heterocycles. The average Bonchev–Trinajstić information content (AvgIpc) is 2.95. The van der Waals surface area contributed by atoms with E-state index in [9.17, 15) is 0 Å². The molecule has 3 aromatic rings. The lowest BCUT2D eigenvalue weighted by Crippen LogP contribution is -1.95. The molecule has 0 aliphatic rings. The van der Waals surface area contributed by atoms with Crippen molar-refractivity contribution in [2.24, 2.45) is 0 Å². The molecule has 0 spiro atoms. The first-order valence-corrected chi connectivity index (χ1v) is 7.59. The highest BCUT2D eigenvalue weighted by Crippen LogP contribution is 2.26. The number of oxazole rings is 1. The molecule has 0 saturated carbocycles. The summed E-state index contributed by atoms with van der Waals surface area (Å²) in [7, 11) is 0. The Hall–Kier alpha value is -2.26. The average molecular weight is 314 g/mol. The van der Waals surface area contributed by atoms with Gasteiger partial charge >= 0.3 is 0 Å². The van der Waals surface area contributed by atoms with Crippen molar-refractivity contribution in [3.05, 3.63) is 71.6 Å². The van der Waals surface area contributed by atoms with Crippen LogP contribution in [-0.2, 0) is 12.5 Å². The van der Waals surface area contributed by atoms with Gasteiger partial charge in [-0.15, -0.1) is 11.6 Å².